The second-order valence-electron chi connectivity index (χ2n) is 4.27. The summed E-state index contributed by atoms with van der Waals surface area (Å²) in [7, 11) is 1.83. The molecule has 0 spiro atoms. The Morgan fingerprint density at radius 1 is 1.37 bits per heavy atom. The molecule has 4 nitrogen and oxygen atoms in total. The smallest absolute Gasteiger partial charge is 0.251 e. The third-order valence-corrected chi connectivity index (χ3v) is 3.49. The van der Waals surface area contributed by atoms with Gasteiger partial charge in [-0.05, 0) is 25.1 Å². The first-order valence-corrected chi connectivity index (χ1v) is 6.47. The zero-order chi connectivity index (χ0) is 14.0. The quantitative estimate of drug-likeness (QED) is 0.945. The van der Waals surface area contributed by atoms with Crippen LogP contribution in [0.3, 0.4) is 0 Å². The second kappa shape index (κ2) is 5.63. The average molecular weight is 298 g/mol. The first kappa shape index (κ1) is 13.9. The molecule has 0 bridgehead atoms. The van der Waals surface area contributed by atoms with E-state index in [0.717, 1.165) is 5.56 Å². The highest BCUT2D eigenvalue weighted by atomic mass is 35.5. The highest BCUT2D eigenvalue weighted by Gasteiger charge is 2.13. The normalized spacial score (nSPS) is 12.2. The topological polar surface area (TPSA) is 46.9 Å². The molecule has 0 aliphatic heterocycles. The minimum atomic E-state index is -0.199. The van der Waals surface area contributed by atoms with E-state index in [9.17, 15) is 4.79 Å². The van der Waals surface area contributed by atoms with Crippen LogP contribution in [0.2, 0.25) is 10.0 Å². The van der Waals surface area contributed by atoms with Crippen LogP contribution in [0.4, 0.5) is 0 Å². The van der Waals surface area contributed by atoms with Gasteiger partial charge in [0.2, 0.25) is 0 Å². The molecule has 100 valence electrons. The van der Waals surface area contributed by atoms with Gasteiger partial charge in [-0.25, -0.2) is 0 Å². The number of aromatic nitrogens is 2. The van der Waals surface area contributed by atoms with Crippen LogP contribution in [0.25, 0.3) is 0 Å². The van der Waals surface area contributed by atoms with E-state index in [1.54, 1.807) is 29.1 Å². The summed E-state index contributed by atoms with van der Waals surface area (Å²) in [4.78, 5) is 12.1. The summed E-state index contributed by atoms with van der Waals surface area (Å²) >= 11 is 11.7. The number of halogens is 2. The highest BCUT2D eigenvalue weighted by Crippen LogP contribution is 2.23. The molecule has 0 saturated heterocycles. The molecule has 0 unspecified atom stereocenters. The number of amides is 1. The Labute approximate surface area is 121 Å². The summed E-state index contributed by atoms with van der Waals surface area (Å²) in [6.45, 7) is 1.90. The Hall–Kier alpha value is -1.52. The number of hydrogen-bond donors (Lipinski definition) is 1. The number of aryl methyl sites for hydroxylation is 1. The van der Waals surface area contributed by atoms with E-state index < -0.39 is 0 Å². The molecular weight excluding hydrogens is 285 g/mol. The predicted molar refractivity (Wildman–Crippen MR) is 75.6 cm³/mol. The van der Waals surface area contributed by atoms with Gasteiger partial charge in [-0.3, -0.25) is 9.48 Å². The number of hydrogen-bond acceptors (Lipinski definition) is 2. The number of nitrogens with one attached hydrogen (secondary N) is 1. The van der Waals surface area contributed by atoms with Gasteiger partial charge in [0.25, 0.3) is 5.91 Å². The van der Waals surface area contributed by atoms with Crippen molar-refractivity contribution in [3.05, 3.63) is 51.8 Å². The summed E-state index contributed by atoms with van der Waals surface area (Å²) in [5, 5.41) is 7.74. The molecule has 1 atom stereocenters. The third-order valence-electron chi connectivity index (χ3n) is 2.75. The van der Waals surface area contributed by atoms with Crippen LogP contribution in [0, 0.1) is 0 Å². The summed E-state index contributed by atoms with van der Waals surface area (Å²) < 4.78 is 1.69. The first-order valence-electron chi connectivity index (χ1n) is 5.72. The van der Waals surface area contributed by atoms with Crippen molar-refractivity contribution in [1.82, 2.24) is 15.1 Å². The molecule has 1 aromatic carbocycles. The standard InChI is InChI=1S/C13H13Cl2N3O/c1-8(10-6-16-18(2)7-10)17-13(19)9-3-4-11(14)12(15)5-9/h3-8H,1-2H3,(H,17,19)/t8-/m1/s1. The van der Waals surface area contributed by atoms with E-state index in [0.29, 0.717) is 15.6 Å². The monoisotopic (exact) mass is 297 g/mol. The Balaban J connectivity index is 2.10. The van der Waals surface area contributed by atoms with Crippen molar-refractivity contribution >= 4 is 29.1 Å². The van der Waals surface area contributed by atoms with E-state index in [1.807, 2.05) is 20.2 Å². The number of rotatable bonds is 3. The molecule has 1 aromatic heterocycles. The van der Waals surface area contributed by atoms with Crippen LogP contribution in [0.1, 0.15) is 28.9 Å². The van der Waals surface area contributed by atoms with Crippen LogP contribution in [-0.4, -0.2) is 15.7 Å². The highest BCUT2D eigenvalue weighted by molar-refractivity contribution is 6.42. The van der Waals surface area contributed by atoms with Gasteiger partial charge >= 0.3 is 0 Å². The Bertz CT molecular complexity index is 610. The molecule has 0 saturated carbocycles. The fourth-order valence-electron chi connectivity index (χ4n) is 1.66. The molecule has 0 radical (unpaired) electrons. The lowest BCUT2D eigenvalue weighted by Gasteiger charge is -2.12. The minimum absolute atomic E-state index is 0.129. The van der Waals surface area contributed by atoms with Gasteiger partial charge in [0.05, 0.1) is 22.3 Å². The van der Waals surface area contributed by atoms with Crippen LogP contribution in [0.5, 0.6) is 0 Å². The van der Waals surface area contributed by atoms with Gasteiger partial charge in [0.15, 0.2) is 0 Å². The van der Waals surface area contributed by atoms with Crippen LogP contribution in [0.15, 0.2) is 30.6 Å². The summed E-state index contributed by atoms with van der Waals surface area (Å²) in [5.41, 5.74) is 1.42. The Morgan fingerprint density at radius 3 is 2.68 bits per heavy atom. The molecule has 1 heterocycles. The second-order valence-corrected chi connectivity index (χ2v) is 5.09. The van der Waals surface area contributed by atoms with Crippen molar-refractivity contribution in [2.45, 2.75) is 13.0 Å². The van der Waals surface area contributed by atoms with Gasteiger partial charge in [-0.15, -0.1) is 0 Å². The SMILES string of the molecule is C[C@@H](NC(=O)c1ccc(Cl)c(Cl)c1)c1cnn(C)c1. The molecule has 6 heteroatoms. The van der Waals surface area contributed by atoms with Crippen molar-refractivity contribution < 1.29 is 4.79 Å². The number of carbonyl (C=O) groups excluding carboxylic acids is 1. The van der Waals surface area contributed by atoms with Crippen LogP contribution < -0.4 is 5.32 Å². The van der Waals surface area contributed by atoms with Crippen molar-refractivity contribution in [1.29, 1.82) is 0 Å². The number of nitrogens with zero attached hydrogens (tertiary/aromatic N) is 2. The van der Waals surface area contributed by atoms with Crippen LogP contribution in [-0.2, 0) is 7.05 Å². The molecular formula is C13H13Cl2N3O. The van der Waals surface area contributed by atoms with E-state index >= 15 is 0 Å². The summed E-state index contributed by atoms with van der Waals surface area (Å²) in [6, 6.07) is 4.66. The van der Waals surface area contributed by atoms with Gasteiger partial charge < -0.3 is 5.32 Å². The third kappa shape index (κ3) is 3.28. The maximum Gasteiger partial charge on any atom is 0.251 e. The molecule has 19 heavy (non-hydrogen) atoms. The molecule has 2 rings (SSSR count). The molecule has 0 fully saturated rings. The summed E-state index contributed by atoms with van der Waals surface area (Å²) in [6.07, 6.45) is 3.58. The molecule has 1 amide bonds. The van der Waals surface area contributed by atoms with Crippen molar-refractivity contribution in [2.75, 3.05) is 0 Å². The minimum Gasteiger partial charge on any atom is -0.345 e. The lowest BCUT2D eigenvalue weighted by atomic mass is 10.1. The van der Waals surface area contributed by atoms with E-state index in [2.05, 4.69) is 10.4 Å². The molecule has 1 N–H and O–H groups in total. The maximum atomic E-state index is 12.1. The Kier molecular flexibility index (Phi) is 4.12. The lowest BCUT2D eigenvalue weighted by Crippen LogP contribution is -2.26. The molecule has 0 aliphatic rings. The average Bonchev–Trinajstić information content (AvgIpc) is 2.79. The zero-order valence-electron chi connectivity index (χ0n) is 10.5. The van der Waals surface area contributed by atoms with Gasteiger partial charge in [-0.2, -0.15) is 5.10 Å². The van der Waals surface area contributed by atoms with Gasteiger partial charge in [-0.1, -0.05) is 23.2 Å². The number of carbonyl (C=O) groups is 1. The maximum absolute atomic E-state index is 12.1. The molecule has 0 aliphatic carbocycles. The van der Waals surface area contributed by atoms with Crippen molar-refractivity contribution in [3.8, 4) is 0 Å². The largest absolute Gasteiger partial charge is 0.345 e. The van der Waals surface area contributed by atoms with Gasteiger partial charge in [0, 0.05) is 24.4 Å². The van der Waals surface area contributed by atoms with E-state index in [-0.39, 0.29) is 11.9 Å². The van der Waals surface area contributed by atoms with Gasteiger partial charge in [0.1, 0.15) is 0 Å². The fourth-order valence-corrected chi connectivity index (χ4v) is 1.96. The fraction of sp³-hybridized carbons (Fsp3) is 0.231. The van der Waals surface area contributed by atoms with E-state index in [1.165, 1.54) is 0 Å². The van der Waals surface area contributed by atoms with Crippen molar-refractivity contribution in [2.24, 2.45) is 7.05 Å². The van der Waals surface area contributed by atoms with Crippen molar-refractivity contribution in [3.63, 3.8) is 0 Å². The Morgan fingerprint density at radius 2 is 2.11 bits per heavy atom. The summed E-state index contributed by atoms with van der Waals surface area (Å²) in [5.74, 6) is -0.199. The molecule has 2 aromatic rings. The first-order chi connectivity index (χ1) is 8.97. The van der Waals surface area contributed by atoms with Crippen LogP contribution >= 0.6 is 23.2 Å². The number of benzene rings is 1. The van der Waals surface area contributed by atoms with E-state index in [4.69, 9.17) is 23.2 Å². The predicted octanol–water partition coefficient (Wildman–Crippen LogP) is 3.22. The lowest BCUT2D eigenvalue weighted by molar-refractivity contribution is 0.0940. The zero-order valence-corrected chi connectivity index (χ0v) is 12.0.